The van der Waals surface area contributed by atoms with Crippen LogP contribution in [0.1, 0.15) is 35.6 Å². The zero-order valence-electron chi connectivity index (χ0n) is 12.1. The second-order valence-electron chi connectivity index (χ2n) is 5.48. The molecule has 1 aromatic carbocycles. The Hall–Kier alpha value is -2.10. The molecule has 1 fully saturated rings. The van der Waals surface area contributed by atoms with Crippen molar-refractivity contribution in [3.63, 3.8) is 0 Å². The number of aromatic nitrogens is 2. The molecule has 0 unspecified atom stereocenters. The number of phenols is 1. The number of nitrogens with zero attached hydrogens (tertiary/aromatic N) is 2. The average Bonchev–Trinajstić information content (AvgIpc) is 3.28. The number of benzene rings is 1. The lowest BCUT2D eigenvalue weighted by Gasteiger charge is -2.10. The lowest BCUT2D eigenvalue weighted by atomic mass is 10.1. The summed E-state index contributed by atoms with van der Waals surface area (Å²) in [6, 6.07) is 5.91. The standard InChI is InChI=1S/C16H19N3O/c1-9-6-12(7-10(2)15(9)20)16-18-13(11-4-5-11)8-14(17-3)19-16/h6-8,11,20H,4-5H2,1-3H3,(H,17,18,19). The number of hydrogen-bond acceptors (Lipinski definition) is 4. The van der Waals surface area contributed by atoms with Crippen LogP contribution in [0.2, 0.25) is 0 Å². The molecule has 1 aliphatic rings. The van der Waals surface area contributed by atoms with Gasteiger partial charge >= 0.3 is 0 Å². The smallest absolute Gasteiger partial charge is 0.161 e. The van der Waals surface area contributed by atoms with E-state index < -0.39 is 0 Å². The van der Waals surface area contributed by atoms with Gasteiger partial charge in [0.2, 0.25) is 0 Å². The van der Waals surface area contributed by atoms with Gasteiger partial charge in [-0.15, -0.1) is 0 Å². The van der Waals surface area contributed by atoms with E-state index in [1.165, 1.54) is 12.8 Å². The predicted octanol–water partition coefficient (Wildman–Crippen LogP) is 3.39. The van der Waals surface area contributed by atoms with E-state index in [1.807, 2.05) is 39.1 Å². The first kappa shape index (κ1) is 12.9. The Morgan fingerprint density at radius 1 is 1.10 bits per heavy atom. The lowest BCUT2D eigenvalue weighted by molar-refractivity contribution is 0.467. The molecule has 104 valence electrons. The third-order valence-electron chi connectivity index (χ3n) is 3.75. The van der Waals surface area contributed by atoms with E-state index in [4.69, 9.17) is 4.98 Å². The summed E-state index contributed by atoms with van der Waals surface area (Å²) < 4.78 is 0. The van der Waals surface area contributed by atoms with Crippen LogP contribution in [-0.2, 0) is 0 Å². The van der Waals surface area contributed by atoms with E-state index in [0.29, 0.717) is 11.7 Å². The van der Waals surface area contributed by atoms with Gasteiger partial charge < -0.3 is 10.4 Å². The van der Waals surface area contributed by atoms with Crippen molar-refractivity contribution in [1.82, 2.24) is 9.97 Å². The predicted molar refractivity (Wildman–Crippen MR) is 80.1 cm³/mol. The van der Waals surface area contributed by atoms with E-state index >= 15 is 0 Å². The first-order valence-electron chi connectivity index (χ1n) is 6.96. The maximum Gasteiger partial charge on any atom is 0.161 e. The van der Waals surface area contributed by atoms with Crippen LogP contribution >= 0.6 is 0 Å². The number of nitrogens with one attached hydrogen (secondary N) is 1. The first-order valence-corrected chi connectivity index (χ1v) is 6.96. The van der Waals surface area contributed by atoms with Gasteiger partial charge in [0, 0.05) is 30.3 Å². The SMILES string of the molecule is CNc1cc(C2CC2)nc(-c2cc(C)c(O)c(C)c2)n1. The van der Waals surface area contributed by atoms with E-state index in [9.17, 15) is 5.11 Å². The van der Waals surface area contributed by atoms with E-state index in [0.717, 1.165) is 34.0 Å². The highest BCUT2D eigenvalue weighted by atomic mass is 16.3. The minimum atomic E-state index is 0.348. The molecular weight excluding hydrogens is 250 g/mol. The highest BCUT2D eigenvalue weighted by Crippen LogP contribution is 2.40. The molecule has 0 saturated heterocycles. The van der Waals surface area contributed by atoms with Gasteiger partial charge in [-0.05, 0) is 49.9 Å². The highest BCUT2D eigenvalue weighted by molar-refractivity contribution is 5.62. The topological polar surface area (TPSA) is 58.0 Å². The summed E-state index contributed by atoms with van der Waals surface area (Å²) in [5.74, 6) is 2.51. The number of hydrogen-bond donors (Lipinski definition) is 2. The fraction of sp³-hybridized carbons (Fsp3) is 0.375. The van der Waals surface area contributed by atoms with Gasteiger partial charge in [-0.3, -0.25) is 0 Å². The average molecular weight is 269 g/mol. The summed E-state index contributed by atoms with van der Waals surface area (Å²) in [6.45, 7) is 3.80. The van der Waals surface area contributed by atoms with Crippen molar-refractivity contribution >= 4 is 5.82 Å². The molecule has 2 aromatic rings. The van der Waals surface area contributed by atoms with Crippen molar-refractivity contribution in [2.45, 2.75) is 32.6 Å². The molecule has 1 aromatic heterocycles. The van der Waals surface area contributed by atoms with Crippen molar-refractivity contribution in [3.05, 3.63) is 35.0 Å². The Balaban J connectivity index is 2.11. The monoisotopic (exact) mass is 269 g/mol. The van der Waals surface area contributed by atoms with Crippen LogP contribution in [0.3, 0.4) is 0 Å². The Bertz CT molecular complexity index is 640. The fourth-order valence-electron chi connectivity index (χ4n) is 2.40. The molecule has 3 rings (SSSR count). The number of aryl methyl sites for hydroxylation is 2. The van der Waals surface area contributed by atoms with Gasteiger partial charge in [0.25, 0.3) is 0 Å². The molecule has 2 N–H and O–H groups in total. The lowest BCUT2D eigenvalue weighted by Crippen LogP contribution is -2.00. The second kappa shape index (κ2) is 4.78. The number of rotatable bonds is 3. The molecule has 0 bridgehead atoms. The van der Waals surface area contributed by atoms with Gasteiger partial charge in [-0.2, -0.15) is 0 Å². The van der Waals surface area contributed by atoms with Crippen LogP contribution in [0.4, 0.5) is 5.82 Å². The van der Waals surface area contributed by atoms with Gasteiger partial charge in [-0.25, -0.2) is 9.97 Å². The maximum atomic E-state index is 9.88. The van der Waals surface area contributed by atoms with Crippen LogP contribution < -0.4 is 5.32 Å². The molecule has 1 aliphatic carbocycles. The van der Waals surface area contributed by atoms with E-state index in [-0.39, 0.29) is 0 Å². The summed E-state index contributed by atoms with van der Waals surface area (Å²) in [4.78, 5) is 9.23. The molecule has 20 heavy (non-hydrogen) atoms. The molecule has 0 aliphatic heterocycles. The van der Waals surface area contributed by atoms with Gasteiger partial charge in [-0.1, -0.05) is 0 Å². The zero-order chi connectivity index (χ0) is 14.3. The van der Waals surface area contributed by atoms with Crippen molar-refractivity contribution in [2.24, 2.45) is 0 Å². The summed E-state index contributed by atoms with van der Waals surface area (Å²) in [6.07, 6.45) is 2.43. The fourth-order valence-corrected chi connectivity index (χ4v) is 2.40. The third kappa shape index (κ3) is 2.33. The van der Waals surface area contributed by atoms with Gasteiger partial charge in [0.05, 0.1) is 0 Å². The van der Waals surface area contributed by atoms with Crippen molar-refractivity contribution in [3.8, 4) is 17.1 Å². The third-order valence-corrected chi connectivity index (χ3v) is 3.75. The largest absolute Gasteiger partial charge is 0.507 e. The van der Waals surface area contributed by atoms with E-state index in [1.54, 1.807) is 0 Å². The molecule has 0 radical (unpaired) electrons. The van der Waals surface area contributed by atoms with E-state index in [2.05, 4.69) is 10.3 Å². The minimum absolute atomic E-state index is 0.348. The summed E-state index contributed by atoms with van der Waals surface area (Å²) >= 11 is 0. The summed E-state index contributed by atoms with van der Waals surface area (Å²) in [5, 5.41) is 13.0. The number of aromatic hydroxyl groups is 1. The van der Waals surface area contributed by atoms with Gasteiger partial charge in [0.15, 0.2) is 5.82 Å². The first-order chi connectivity index (χ1) is 9.58. The summed E-state index contributed by atoms with van der Waals surface area (Å²) in [5.41, 5.74) is 3.78. The maximum absolute atomic E-state index is 9.88. The van der Waals surface area contributed by atoms with Crippen LogP contribution in [0.15, 0.2) is 18.2 Å². The number of phenolic OH excluding ortho intramolecular Hbond substituents is 1. The molecule has 0 amide bonds. The normalized spacial score (nSPS) is 14.3. The highest BCUT2D eigenvalue weighted by Gasteiger charge is 2.26. The quantitative estimate of drug-likeness (QED) is 0.896. The minimum Gasteiger partial charge on any atom is -0.507 e. The van der Waals surface area contributed by atoms with Crippen molar-refractivity contribution in [1.29, 1.82) is 0 Å². The molecule has 4 heteroatoms. The molecule has 1 heterocycles. The molecular formula is C16H19N3O. The van der Waals surface area contributed by atoms with Gasteiger partial charge in [0.1, 0.15) is 11.6 Å². The molecule has 0 spiro atoms. The second-order valence-corrected chi connectivity index (χ2v) is 5.48. The zero-order valence-corrected chi connectivity index (χ0v) is 12.1. The molecule has 4 nitrogen and oxygen atoms in total. The number of anilines is 1. The van der Waals surface area contributed by atoms with Crippen LogP contribution in [0.5, 0.6) is 5.75 Å². The molecule has 0 atom stereocenters. The Morgan fingerprint density at radius 2 is 1.75 bits per heavy atom. The Labute approximate surface area is 118 Å². The van der Waals surface area contributed by atoms with Crippen molar-refractivity contribution in [2.75, 3.05) is 12.4 Å². The summed E-state index contributed by atoms with van der Waals surface area (Å²) in [7, 11) is 1.87. The van der Waals surface area contributed by atoms with Crippen LogP contribution in [-0.4, -0.2) is 22.1 Å². The van der Waals surface area contributed by atoms with Crippen LogP contribution in [0.25, 0.3) is 11.4 Å². The Kier molecular flexibility index (Phi) is 3.08. The Morgan fingerprint density at radius 3 is 2.30 bits per heavy atom. The molecule has 1 saturated carbocycles. The van der Waals surface area contributed by atoms with Crippen molar-refractivity contribution < 1.29 is 5.11 Å². The van der Waals surface area contributed by atoms with Crippen LogP contribution in [0, 0.1) is 13.8 Å².